The number of nitrogens with one attached hydrogen (secondary N) is 1. The Morgan fingerprint density at radius 3 is 2.48 bits per heavy atom. The van der Waals surface area contributed by atoms with Crippen LogP contribution in [0.2, 0.25) is 0 Å². The third-order valence-electron chi connectivity index (χ3n) is 4.79. The minimum atomic E-state index is -0.0831. The molecule has 6 heteroatoms. The number of amides is 2. The third-order valence-corrected chi connectivity index (χ3v) is 6.17. The molecule has 160 valence electrons. The van der Waals surface area contributed by atoms with Crippen molar-refractivity contribution >= 4 is 46.2 Å². The molecule has 0 saturated carbocycles. The van der Waals surface area contributed by atoms with Crippen molar-refractivity contribution in [3.05, 3.63) is 88.3 Å². The third kappa shape index (κ3) is 7.19. The van der Waals surface area contributed by atoms with Gasteiger partial charge in [-0.15, -0.1) is 0 Å². The van der Waals surface area contributed by atoms with Gasteiger partial charge in [-0.1, -0.05) is 90.7 Å². The zero-order valence-corrected chi connectivity index (χ0v) is 19.2. The first-order valence-corrected chi connectivity index (χ1v) is 11.5. The van der Waals surface area contributed by atoms with E-state index in [1.807, 2.05) is 79.7 Å². The Labute approximate surface area is 193 Å². The Morgan fingerprint density at radius 1 is 1.10 bits per heavy atom. The summed E-state index contributed by atoms with van der Waals surface area (Å²) in [6.07, 6.45) is 5.67. The molecule has 1 heterocycles. The van der Waals surface area contributed by atoms with Gasteiger partial charge in [-0.3, -0.25) is 14.5 Å². The maximum Gasteiger partial charge on any atom is 0.266 e. The minimum absolute atomic E-state index is 0.00134. The molecule has 0 atom stereocenters. The van der Waals surface area contributed by atoms with Gasteiger partial charge in [-0.05, 0) is 42.5 Å². The summed E-state index contributed by atoms with van der Waals surface area (Å²) in [5, 5.41) is 2.94. The van der Waals surface area contributed by atoms with Crippen molar-refractivity contribution < 1.29 is 9.59 Å². The maximum absolute atomic E-state index is 12.7. The molecule has 0 bridgehead atoms. The van der Waals surface area contributed by atoms with Crippen LogP contribution in [0, 0.1) is 0 Å². The first kappa shape index (κ1) is 23.0. The maximum atomic E-state index is 12.7. The van der Waals surface area contributed by atoms with E-state index in [9.17, 15) is 9.59 Å². The van der Waals surface area contributed by atoms with Crippen LogP contribution in [0.1, 0.15) is 30.9 Å². The summed E-state index contributed by atoms with van der Waals surface area (Å²) in [6.45, 7) is 3.04. The Balaban J connectivity index is 1.44. The number of hydrogen-bond acceptors (Lipinski definition) is 4. The smallest absolute Gasteiger partial charge is 0.266 e. The fraction of sp³-hybridized carbons (Fsp3) is 0.240. The van der Waals surface area contributed by atoms with Gasteiger partial charge in [0.05, 0.1) is 4.91 Å². The summed E-state index contributed by atoms with van der Waals surface area (Å²) in [5.41, 5.74) is 3.28. The molecule has 1 aliphatic rings. The Morgan fingerprint density at radius 2 is 1.77 bits per heavy atom. The molecule has 1 N–H and O–H groups in total. The van der Waals surface area contributed by atoms with Gasteiger partial charge in [-0.2, -0.15) is 0 Å². The highest BCUT2D eigenvalue weighted by molar-refractivity contribution is 8.26. The first-order valence-electron chi connectivity index (χ1n) is 10.3. The molecular weight excluding hydrogens is 424 g/mol. The molecule has 0 aromatic heterocycles. The molecular formula is C25H26N2O2S2. The molecule has 1 fully saturated rings. The van der Waals surface area contributed by atoms with Gasteiger partial charge in [0, 0.05) is 19.5 Å². The van der Waals surface area contributed by atoms with E-state index in [-0.39, 0.29) is 11.8 Å². The summed E-state index contributed by atoms with van der Waals surface area (Å²) in [5.74, 6) is -0.0844. The normalized spacial score (nSPS) is 15.6. The molecule has 0 aliphatic carbocycles. The second-order valence-corrected chi connectivity index (χ2v) is 9.00. The van der Waals surface area contributed by atoms with Crippen LogP contribution in [0.4, 0.5) is 0 Å². The average Bonchev–Trinajstić information content (AvgIpc) is 3.02. The zero-order chi connectivity index (χ0) is 22.1. The van der Waals surface area contributed by atoms with Crippen LogP contribution in [-0.4, -0.2) is 34.1 Å². The lowest BCUT2D eigenvalue weighted by atomic mass is 10.1. The molecule has 0 spiro atoms. The second-order valence-electron chi connectivity index (χ2n) is 7.32. The lowest BCUT2D eigenvalue weighted by Gasteiger charge is -2.14. The lowest BCUT2D eigenvalue weighted by Crippen LogP contribution is -2.31. The van der Waals surface area contributed by atoms with Crippen molar-refractivity contribution in [3.63, 3.8) is 0 Å². The van der Waals surface area contributed by atoms with Gasteiger partial charge in [0.15, 0.2) is 0 Å². The van der Waals surface area contributed by atoms with Crippen molar-refractivity contribution in [1.29, 1.82) is 0 Å². The molecule has 31 heavy (non-hydrogen) atoms. The number of thiocarbonyl (C=S) groups is 1. The highest BCUT2D eigenvalue weighted by atomic mass is 32.2. The first-order chi connectivity index (χ1) is 15.0. The van der Waals surface area contributed by atoms with Crippen molar-refractivity contribution in [2.75, 3.05) is 13.1 Å². The molecule has 2 aromatic carbocycles. The molecule has 0 unspecified atom stereocenters. The largest absolute Gasteiger partial charge is 0.356 e. The highest BCUT2D eigenvalue weighted by Gasteiger charge is 2.31. The van der Waals surface area contributed by atoms with E-state index in [1.54, 1.807) is 4.90 Å². The van der Waals surface area contributed by atoms with Gasteiger partial charge >= 0.3 is 0 Å². The van der Waals surface area contributed by atoms with Crippen molar-refractivity contribution in [2.24, 2.45) is 0 Å². The Hall–Kier alpha value is -2.70. The quantitative estimate of drug-likeness (QED) is 0.433. The van der Waals surface area contributed by atoms with Crippen LogP contribution >= 0.6 is 24.0 Å². The SMILES string of the molecule is CC(=Cc1ccccc1)C=C1SC(=S)N(CCCC(=O)NCCc2ccccc2)C1=O. The van der Waals surface area contributed by atoms with E-state index < -0.39 is 0 Å². The van der Waals surface area contributed by atoms with Crippen LogP contribution in [0.15, 0.2) is 77.2 Å². The number of carbonyl (C=O) groups is 2. The molecule has 3 rings (SSSR count). The summed E-state index contributed by atoms with van der Waals surface area (Å²) >= 11 is 6.71. The lowest BCUT2D eigenvalue weighted by molar-refractivity contribution is -0.124. The van der Waals surface area contributed by atoms with E-state index in [0.717, 1.165) is 17.6 Å². The predicted molar refractivity (Wildman–Crippen MR) is 132 cm³/mol. The Kier molecular flexibility index (Phi) is 8.62. The number of benzene rings is 2. The van der Waals surface area contributed by atoms with E-state index >= 15 is 0 Å². The molecule has 2 amide bonds. The monoisotopic (exact) mass is 450 g/mol. The fourth-order valence-corrected chi connectivity index (χ4v) is 4.59. The molecule has 4 nitrogen and oxygen atoms in total. The number of hydrogen-bond donors (Lipinski definition) is 1. The molecule has 1 aliphatic heterocycles. The summed E-state index contributed by atoms with van der Waals surface area (Å²) in [6, 6.07) is 20.0. The fourth-order valence-electron chi connectivity index (χ4n) is 3.23. The summed E-state index contributed by atoms with van der Waals surface area (Å²) in [7, 11) is 0. The number of nitrogens with zero attached hydrogens (tertiary/aromatic N) is 1. The van der Waals surface area contributed by atoms with Gasteiger partial charge in [0.2, 0.25) is 5.91 Å². The van der Waals surface area contributed by atoms with E-state index in [1.165, 1.54) is 17.3 Å². The number of rotatable bonds is 9. The second kappa shape index (κ2) is 11.6. The van der Waals surface area contributed by atoms with Gasteiger partial charge in [0.1, 0.15) is 4.32 Å². The molecule has 2 aromatic rings. The van der Waals surface area contributed by atoms with Crippen molar-refractivity contribution in [2.45, 2.75) is 26.2 Å². The standard InChI is InChI=1S/C25H26N2O2S2/c1-19(17-21-11-6-3-7-12-21)18-22-24(29)27(25(30)31-22)16-8-13-23(28)26-15-14-20-9-4-2-5-10-20/h2-7,9-12,17-18H,8,13-16H2,1H3,(H,26,28). The van der Waals surface area contributed by atoms with Crippen molar-refractivity contribution in [3.8, 4) is 0 Å². The molecule has 0 radical (unpaired) electrons. The summed E-state index contributed by atoms with van der Waals surface area (Å²) < 4.78 is 0.549. The zero-order valence-electron chi connectivity index (χ0n) is 17.5. The average molecular weight is 451 g/mol. The van der Waals surface area contributed by atoms with E-state index in [0.29, 0.717) is 35.2 Å². The van der Waals surface area contributed by atoms with E-state index in [4.69, 9.17) is 12.2 Å². The van der Waals surface area contributed by atoms with Crippen LogP contribution in [0.5, 0.6) is 0 Å². The van der Waals surface area contributed by atoms with E-state index in [2.05, 4.69) is 5.32 Å². The highest BCUT2D eigenvalue weighted by Crippen LogP contribution is 2.32. The van der Waals surface area contributed by atoms with Crippen LogP contribution in [-0.2, 0) is 16.0 Å². The Bertz CT molecular complexity index is 985. The van der Waals surface area contributed by atoms with Crippen LogP contribution < -0.4 is 5.32 Å². The van der Waals surface area contributed by atoms with Crippen molar-refractivity contribution in [1.82, 2.24) is 10.2 Å². The number of carbonyl (C=O) groups excluding carboxylic acids is 2. The van der Waals surface area contributed by atoms with Gasteiger partial charge in [-0.25, -0.2) is 0 Å². The summed E-state index contributed by atoms with van der Waals surface area (Å²) in [4.78, 5) is 27.0. The molecule has 1 saturated heterocycles. The predicted octanol–water partition coefficient (Wildman–Crippen LogP) is 4.97. The number of thioether (sulfide) groups is 1. The van der Waals surface area contributed by atoms with Crippen LogP contribution in [0.3, 0.4) is 0 Å². The number of allylic oxidation sites excluding steroid dienone is 2. The van der Waals surface area contributed by atoms with Gasteiger partial charge in [0.25, 0.3) is 5.91 Å². The van der Waals surface area contributed by atoms with Gasteiger partial charge < -0.3 is 5.32 Å². The topological polar surface area (TPSA) is 49.4 Å². The minimum Gasteiger partial charge on any atom is -0.356 e. The van der Waals surface area contributed by atoms with Crippen LogP contribution in [0.25, 0.3) is 6.08 Å².